The lowest BCUT2D eigenvalue weighted by Crippen LogP contribution is -1.78. The number of aromatic hydroxyl groups is 1. The van der Waals surface area contributed by atoms with Crippen molar-refractivity contribution in [1.82, 2.24) is 4.98 Å². The van der Waals surface area contributed by atoms with Gasteiger partial charge >= 0.3 is 0 Å². The molecule has 1 aromatic heterocycles. The Labute approximate surface area is 96.1 Å². The zero-order valence-corrected chi connectivity index (χ0v) is 8.72. The highest BCUT2D eigenvalue weighted by Crippen LogP contribution is 2.26. The molecular weight excluding hydrogens is 221 g/mol. The minimum absolute atomic E-state index is 0.122. The van der Waals surface area contributed by atoms with Crippen LogP contribution in [0.15, 0.2) is 46.9 Å². The van der Waals surface area contributed by atoms with Gasteiger partial charge < -0.3 is 9.52 Å². The van der Waals surface area contributed by atoms with E-state index in [1.54, 1.807) is 18.2 Å². The lowest BCUT2D eigenvalue weighted by atomic mass is 10.2. The van der Waals surface area contributed by atoms with Gasteiger partial charge in [-0.25, -0.2) is 9.37 Å². The molecular formula is C13H8FNO2. The van der Waals surface area contributed by atoms with Gasteiger partial charge in [0.1, 0.15) is 17.1 Å². The number of oxazole rings is 1. The molecule has 1 heterocycles. The predicted octanol–water partition coefficient (Wildman–Crippen LogP) is 3.34. The topological polar surface area (TPSA) is 46.3 Å². The molecule has 3 rings (SSSR count). The van der Waals surface area contributed by atoms with Crippen LogP contribution in [0.3, 0.4) is 0 Å². The Morgan fingerprint density at radius 3 is 2.82 bits per heavy atom. The quantitative estimate of drug-likeness (QED) is 0.696. The largest absolute Gasteiger partial charge is 0.508 e. The standard InChI is InChI=1S/C13H8FNO2/c14-9-3-1-2-8(6-9)13-15-11-7-10(16)4-5-12(11)17-13/h1-7,16H. The Morgan fingerprint density at radius 2 is 2.00 bits per heavy atom. The van der Waals surface area contributed by atoms with Crippen molar-refractivity contribution in [2.24, 2.45) is 0 Å². The summed E-state index contributed by atoms with van der Waals surface area (Å²) in [5.74, 6) is 0.120. The van der Waals surface area contributed by atoms with E-state index in [9.17, 15) is 9.50 Å². The number of hydrogen-bond acceptors (Lipinski definition) is 3. The number of phenolic OH excluding ortho intramolecular Hbond substituents is 1. The molecule has 0 spiro atoms. The first-order valence-corrected chi connectivity index (χ1v) is 5.08. The van der Waals surface area contributed by atoms with Crippen molar-refractivity contribution in [2.75, 3.05) is 0 Å². The molecule has 3 nitrogen and oxygen atoms in total. The van der Waals surface area contributed by atoms with Gasteiger partial charge in [-0.1, -0.05) is 6.07 Å². The zero-order valence-electron chi connectivity index (χ0n) is 8.72. The molecule has 0 aliphatic carbocycles. The molecule has 0 bridgehead atoms. The molecule has 2 aromatic carbocycles. The van der Waals surface area contributed by atoms with Gasteiger partial charge in [-0.3, -0.25) is 0 Å². The summed E-state index contributed by atoms with van der Waals surface area (Å²) >= 11 is 0. The summed E-state index contributed by atoms with van der Waals surface area (Å²) in [6.07, 6.45) is 0. The van der Waals surface area contributed by atoms with Gasteiger partial charge in [0.15, 0.2) is 5.58 Å². The third-order valence-electron chi connectivity index (χ3n) is 2.44. The van der Waals surface area contributed by atoms with Crippen molar-refractivity contribution in [3.8, 4) is 17.2 Å². The van der Waals surface area contributed by atoms with Gasteiger partial charge in [0.2, 0.25) is 5.89 Å². The summed E-state index contributed by atoms with van der Waals surface area (Å²) in [5.41, 5.74) is 1.67. The summed E-state index contributed by atoms with van der Waals surface area (Å²) in [5, 5.41) is 9.31. The van der Waals surface area contributed by atoms with Crippen LogP contribution >= 0.6 is 0 Å². The van der Waals surface area contributed by atoms with E-state index in [-0.39, 0.29) is 11.6 Å². The summed E-state index contributed by atoms with van der Waals surface area (Å²) in [4.78, 5) is 4.19. The second-order valence-corrected chi connectivity index (χ2v) is 3.68. The van der Waals surface area contributed by atoms with Gasteiger partial charge in [-0.2, -0.15) is 0 Å². The van der Waals surface area contributed by atoms with Crippen molar-refractivity contribution in [2.45, 2.75) is 0 Å². The number of nitrogens with zero attached hydrogens (tertiary/aromatic N) is 1. The monoisotopic (exact) mass is 229 g/mol. The van der Waals surface area contributed by atoms with Crippen LogP contribution in [0.5, 0.6) is 5.75 Å². The fourth-order valence-electron chi connectivity index (χ4n) is 1.66. The minimum atomic E-state index is -0.340. The maximum absolute atomic E-state index is 13.1. The predicted molar refractivity (Wildman–Crippen MR) is 61.1 cm³/mol. The Bertz CT molecular complexity index is 691. The molecule has 0 amide bonds. The van der Waals surface area contributed by atoms with Crippen molar-refractivity contribution < 1.29 is 13.9 Å². The Morgan fingerprint density at radius 1 is 1.12 bits per heavy atom. The van der Waals surface area contributed by atoms with Crippen LogP contribution in [0, 0.1) is 5.82 Å². The van der Waals surface area contributed by atoms with E-state index in [1.165, 1.54) is 24.3 Å². The van der Waals surface area contributed by atoms with Crippen molar-refractivity contribution in [3.63, 3.8) is 0 Å². The van der Waals surface area contributed by atoms with Gasteiger partial charge in [0.05, 0.1) is 0 Å². The van der Waals surface area contributed by atoms with Crippen LogP contribution in [0.2, 0.25) is 0 Å². The van der Waals surface area contributed by atoms with E-state index < -0.39 is 0 Å². The number of rotatable bonds is 1. The third kappa shape index (κ3) is 1.73. The molecule has 0 atom stereocenters. The highest BCUT2D eigenvalue weighted by atomic mass is 19.1. The zero-order chi connectivity index (χ0) is 11.8. The number of phenols is 1. The molecule has 0 fully saturated rings. The molecule has 84 valence electrons. The van der Waals surface area contributed by atoms with Crippen molar-refractivity contribution in [1.29, 1.82) is 0 Å². The van der Waals surface area contributed by atoms with Crippen LogP contribution in [0.25, 0.3) is 22.6 Å². The van der Waals surface area contributed by atoms with Crippen LogP contribution < -0.4 is 0 Å². The molecule has 3 aromatic rings. The number of fused-ring (bicyclic) bond motifs is 1. The molecule has 17 heavy (non-hydrogen) atoms. The fraction of sp³-hybridized carbons (Fsp3) is 0. The average molecular weight is 229 g/mol. The molecule has 0 aliphatic rings. The molecule has 0 saturated heterocycles. The number of aromatic nitrogens is 1. The second-order valence-electron chi connectivity index (χ2n) is 3.68. The van der Waals surface area contributed by atoms with E-state index in [0.29, 0.717) is 22.6 Å². The van der Waals surface area contributed by atoms with E-state index >= 15 is 0 Å². The third-order valence-corrected chi connectivity index (χ3v) is 2.44. The highest BCUT2D eigenvalue weighted by molar-refractivity contribution is 5.77. The summed E-state index contributed by atoms with van der Waals surface area (Å²) in [6.45, 7) is 0. The maximum atomic E-state index is 13.1. The first-order chi connectivity index (χ1) is 8.22. The summed E-state index contributed by atoms with van der Waals surface area (Å²) < 4.78 is 18.5. The van der Waals surface area contributed by atoms with Crippen LogP contribution in [0.1, 0.15) is 0 Å². The van der Waals surface area contributed by atoms with E-state index in [1.807, 2.05) is 0 Å². The van der Waals surface area contributed by atoms with Crippen molar-refractivity contribution in [3.05, 3.63) is 48.3 Å². The molecule has 0 saturated carbocycles. The second kappa shape index (κ2) is 3.59. The molecule has 0 radical (unpaired) electrons. The molecule has 0 aliphatic heterocycles. The van der Waals surface area contributed by atoms with E-state index in [2.05, 4.69) is 4.98 Å². The maximum Gasteiger partial charge on any atom is 0.227 e. The minimum Gasteiger partial charge on any atom is -0.508 e. The van der Waals surface area contributed by atoms with Crippen LogP contribution in [0.4, 0.5) is 4.39 Å². The van der Waals surface area contributed by atoms with Gasteiger partial charge in [-0.15, -0.1) is 0 Å². The SMILES string of the molecule is Oc1ccc2oc(-c3cccc(F)c3)nc2c1. The lowest BCUT2D eigenvalue weighted by Gasteiger charge is -1.93. The average Bonchev–Trinajstić information content (AvgIpc) is 2.72. The Kier molecular flexibility index (Phi) is 2.08. The Balaban J connectivity index is 2.18. The van der Waals surface area contributed by atoms with E-state index in [4.69, 9.17) is 4.42 Å². The molecule has 1 N–H and O–H groups in total. The first kappa shape index (κ1) is 9.84. The smallest absolute Gasteiger partial charge is 0.227 e. The van der Waals surface area contributed by atoms with E-state index in [0.717, 1.165) is 0 Å². The fourth-order valence-corrected chi connectivity index (χ4v) is 1.66. The number of halogens is 1. The van der Waals surface area contributed by atoms with Gasteiger partial charge in [-0.05, 0) is 30.3 Å². The highest BCUT2D eigenvalue weighted by Gasteiger charge is 2.09. The van der Waals surface area contributed by atoms with Crippen LogP contribution in [-0.4, -0.2) is 10.1 Å². The first-order valence-electron chi connectivity index (χ1n) is 5.08. The summed E-state index contributed by atoms with van der Waals surface area (Å²) in [6, 6.07) is 10.7. The van der Waals surface area contributed by atoms with Gasteiger partial charge in [0.25, 0.3) is 0 Å². The number of hydrogen-bond donors (Lipinski definition) is 1. The lowest BCUT2D eigenvalue weighted by molar-refractivity contribution is 0.476. The van der Waals surface area contributed by atoms with Crippen LogP contribution in [-0.2, 0) is 0 Å². The Hall–Kier alpha value is -2.36. The van der Waals surface area contributed by atoms with Gasteiger partial charge in [0, 0.05) is 11.6 Å². The molecule has 4 heteroatoms. The normalized spacial score (nSPS) is 10.9. The summed E-state index contributed by atoms with van der Waals surface area (Å²) in [7, 11) is 0. The number of benzene rings is 2. The van der Waals surface area contributed by atoms with Crippen molar-refractivity contribution >= 4 is 11.1 Å². The molecule has 0 unspecified atom stereocenters.